The molecule has 9 heteroatoms. The molecule has 48 heavy (non-hydrogen) atoms. The van der Waals surface area contributed by atoms with Gasteiger partial charge in [-0.25, -0.2) is 9.13 Å². The van der Waals surface area contributed by atoms with E-state index in [-0.39, 0.29) is 28.9 Å². The van der Waals surface area contributed by atoms with Crippen LogP contribution in [0, 0.1) is 19.3 Å². The Morgan fingerprint density at radius 3 is 1.35 bits per heavy atom. The van der Waals surface area contributed by atoms with Gasteiger partial charge in [0.25, 0.3) is 0 Å². The first kappa shape index (κ1) is 37.6. The molecular formula is C39H50O7P2. The zero-order valence-corrected chi connectivity index (χ0v) is 31.9. The molecule has 0 aliphatic carbocycles. The van der Waals surface area contributed by atoms with Gasteiger partial charge >= 0.3 is 15.6 Å². The van der Waals surface area contributed by atoms with Crippen LogP contribution >= 0.6 is 15.6 Å². The van der Waals surface area contributed by atoms with Crippen molar-refractivity contribution in [2.45, 2.75) is 87.0 Å². The fourth-order valence-electron chi connectivity index (χ4n) is 5.33. The normalized spacial score (nSPS) is 14.0. The van der Waals surface area contributed by atoms with Crippen molar-refractivity contribution in [2.24, 2.45) is 5.41 Å². The SMILES string of the molecule is Cc1ccc(OP(=O)(Oc2ccc(C)cc2-c2ccccc2C(C)(C)C)OP(=O)(O)OCC(C)(C)C)c(-c2ccccc2C(C)(C)C)c1. The molecule has 0 fully saturated rings. The summed E-state index contributed by atoms with van der Waals surface area (Å²) in [5, 5.41) is 0. The minimum Gasteiger partial charge on any atom is -0.394 e. The number of phosphoric ester groups is 2. The lowest BCUT2D eigenvalue weighted by Crippen LogP contribution is -2.15. The van der Waals surface area contributed by atoms with E-state index >= 15 is 0 Å². The third kappa shape index (κ3) is 9.71. The second kappa shape index (κ2) is 14.0. The van der Waals surface area contributed by atoms with Crippen LogP contribution in [0.3, 0.4) is 0 Å². The van der Waals surface area contributed by atoms with Crippen molar-refractivity contribution in [1.82, 2.24) is 0 Å². The molecule has 1 atom stereocenters. The Labute approximate surface area is 286 Å². The van der Waals surface area contributed by atoms with Crippen LogP contribution in [-0.4, -0.2) is 11.5 Å². The van der Waals surface area contributed by atoms with Crippen LogP contribution in [0.4, 0.5) is 0 Å². The summed E-state index contributed by atoms with van der Waals surface area (Å²) in [4.78, 5) is 10.9. The summed E-state index contributed by atoms with van der Waals surface area (Å²) in [6, 6.07) is 26.7. The first-order valence-electron chi connectivity index (χ1n) is 16.2. The van der Waals surface area contributed by atoms with E-state index in [0.29, 0.717) is 11.1 Å². The molecule has 4 rings (SSSR count). The number of phosphoric acid groups is 2. The number of aryl methyl sites for hydroxylation is 2. The van der Waals surface area contributed by atoms with E-state index in [1.54, 1.807) is 12.1 Å². The molecule has 4 aromatic rings. The van der Waals surface area contributed by atoms with E-state index in [2.05, 4.69) is 41.5 Å². The zero-order valence-electron chi connectivity index (χ0n) is 30.1. The highest BCUT2D eigenvalue weighted by atomic mass is 31.3. The third-order valence-corrected chi connectivity index (χ3v) is 10.5. The van der Waals surface area contributed by atoms with Gasteiger partial charge in [0.1, 0.15) is 11.5 Å². The van der Waals surface area contributed by atoms with E-state index in [1.165, 1.54) is 0 Å². The van der Waals surface area contributed by atoms with Gasteiger partial charge in [-0.2, -0.15) is 4.31 Å². The van der Waals surface area contributed by atoms with Gasteiger partial charge in [-0.1, -0.05) is 134 Å². The van der Waals surface area contributed by atoms with Gasteiger partial charge < -0.3 is 13.9 Å². The third-order valence-electron chi connectivity index (χ3n) is 7.60. The van der Waals surface area contributed by atoms with Crippen LogP contribution in [0.25, 0.3) is 22.3 Å². The average molecular weight is 693 g/mol. The van der Waals surface area contributed by atoms with Crippen LogP contribution in [-0.2, 0) is 28.8 Å². The van der Waals surface area contributed by atoms with Gasteiger partial charge in [0.05, 0.1) is 6.61 Å². The summed E-state index contributed by atoms with van der Waals surface area (Å²) in [6.45, 7) is 22.0. The largest absolute Gasteiger partial charge is 0.596 e. The Balaban J connectivity index is 1.90. The Bertz CT molecular complexity index is 1750. The predicted octanol–water partition coefficient (Wildman–Crippen LogP) is 12.0. The van der Waals surface area contributed by atoms with Crippen molar-refractivity contribution in [3.05, 3.63) is 107 Å². The van der Waals surface area contributed by atoms with E-state index in [4.69, 9.17) is 17.9 Å². The summed E-state index contributed by atoms with van der Waals surface area (Å²) < 4.78 is 51.5. The molecule has 1 N–H and O–H groups in total. The van der Waals surface area contributed by atoms with Crippen molar-refractivity contribution in [1.29, 1.82) is 0 Å². The first-order chi connectivity index (χ1) is 22.1. The lowest BCUT2D eigenvalue weighted by Gasteiger charge is -2.27. The minimum absolute atomic E-state index is 0.135. The molecule has 0 saturated heterocycles. The van der Waals surface area contributed by atoms with Gasteiger partial charge in [0, 0.05) is 11.1 Å². The van der Waals surface area contributed by atoms with Crippen molar-refractivity contribution in [3.8, 4) is 33.8 Å². The maximum absolute atomic E-state index is 14.9. The van der Waals surface area contributed by atoms with Crippen molar-refractivity contribution in [3.63, 3.8) is 0 Å². The molecule has 7 nitrogen and oxygen atoms in total. The molecule has 0 heterocycles. The standard InChI is InChI=1S/C39H50O7P2/c1-27-20-22-35(31(24-27)29-16-12-14-18-33(29)38(6,7)8)44-48(42,46-47(40,41)43-26-37(3,4)5)45-36-23-21-28(2)25-32(36)30-17-13-15-19-34(30)39(9,10)11/h12-25H,26H2,1-11H3,(H,40,41). The van der Waals surface area contributed by atoms with Gasteiger partial charge in [0.2, 0.25) is 0 Å². The van der Waals surface area contributed by atoms with E-state index in [9.17, 15) is 14.0 Å². The predicted molar refractivity (Wildman–Crippen MR) is 196 cm³/mol. The molecule has 0 aromatic heterocycles. The van der Waals surface area contributed by atoms with Gasteiger partial charge in [-0.05, 0) is 76.6 Å². The smallest absolute Gasteiger partial charge is 0.394 e. The van der Waals surface area contributed by atoms with Gasteiger partial charge in [-0.3, -0.25) is 4.52 Å². The maximum Gasteiger partial charge on any atom is 0.596 e. The van der Waals surface area contributed by atoms with Crippen molar-refractivity contribution >= 4 is 15.6 Å². The molecule has 0 saturated carbocycles. The lowest BCUT2D eigenvalue weighted by molar-refractivity contribution is 0.134. The molecule has 258 valence electrons. The zero-order chi connectivity index (χ0) is 35.7. The minimum atomic E-state index is -4.96. The molecular weight excluding hydrogens is 642 g/mol. The quantitative estimate of drug-likeness (QED) is 0.165. The fraction of sp³-hybridized carbons (Fsp3) is 0.385. The summed E-state index contributed by atoms with van der Waals surface area (Å²) in [7, 11) is -9.90. The second-order valence-corrected chi connectivity index (χ2v) is 18.7. The molecule has 0 spiro atoms. The Kier molecular flexibility index (Phi) is 11.0. The fourth-order valence-corrected chi connectivity index (χ4v) is 8.18. The van der Waals surface area contributed by atoms with E-state index < -0.39 is 21.1 Å². The number of benzene rings is 4. The highest BCUT2D eigenvalue weighted by molar-refractivity contribution is 7.62. The summed E-state index contributed by atoms with van der Waals surface area (Å²) in [6.07, 6.45) is 0. The highest BCUT2D eigenvalue weighted by Gasteiger charge is 2.43. The lowest BCUT2D eigenvalue weighted by atomic mass is 9.81. The van der Waals surface area contributed by atoms with Gasteiger partial charge in [0.15, 0.2) is 0 Å². The second-order valence-electron chi connectivity index (χ2n) is 15.6. The van der Waals surface area contributed by atoms with Crippen LogP contribution < -0.4 is 9.05 Å². The summed E-state index contributed by atoms with van der Waals surface area (Å²) >= 11 is 0. The monoisotopic (exact) mass is 692 g/mol. The number of hydrogen-bond acceptors (Lipinski definition) is 6. The molecule has 0 aliphatic heterocycles. The van der Waals surface area contributed by atoms with Crippen molar-refractivity contribution < 1.29 is 31.9 Å². The highest BCUT2D eigenvalue weighted by Crippen LogP contribution is 2.64. The van der Waals surface area contributed by atoms with Crippen LogP contribution in [0.2, 0.25) is 0 Å². The van der Waals surface area contributed by atoms with Crippen LogP contribution in [0.1, 0.15) is 84.6 Å². The summed E-state index contributed by atoms with van der Waals surface area (Å²) in [5.41, 5.74) is 6.03. The number of rotatable bonds is 10. The van der Waals surface area contributed by atoms with Crippen LogP contribution in [0.15, 0.2) is 84.9 Å². The topological polar surface area (TPSA) is 91.3 Å². The Hall–Kier alpha value is -3.18. The van der Waals surface area contributed by atoms with E-state index in [0.717, 1.165) is 33.4 Å². The van der Waals surface area contributed by atoms with Crippen LogP contribution in [0.5, 0.6) is 11.5 Å². The van der Waals surface area contributed by atoms with Crippen molar-refractivity contribution in [2.75, 3.05) is 6.61 Å². The number of hydrogen-bond donors (Lipinski definition) is 1. The van der Waals surface area contributed by atoms with Gasteiger partial charge in [-0.15, -0.1) is 0 Å². The Morgan fingerprint density at radius 1 is 0.583 bits per heavy atom. The Morgan fingerprint density at radius 2 is 0.979 bits per heavy atom. The molecule has 1 unspecified atom stereocenters. The molecule has 0 amide bonds. The average Bonchev–Trinajstić information content (AvgIpc) is 2.96. The summed E-state index contributed by atoms with van der Waals surface area (Å²) in [5.74, 6) is 0.334. The molecule has 4 aromatic carbocycles. The maximum atomic E-state index is 14.9. The molecule has 0 aliphatic rings. The first-order valence-corrected chi connectivity index (χ1v) is 19.1. The van der Waals surface area contributed by atoms with E-state index in [1.807, 2.05) is 107 Å². The molecule has 0 bridgehead atoms. The molecule has 0 radical (unpaired) electrons.